The number of rotatable bonds is 2. The molecular weight excluding hydrogens is 256 g/mol. The minimum atomic E-state index is 0.529. The highest BCUT2D eigenvalue weighted by Gasteiger charge is 2.11. The van der Waals surface area contributed by atoms with Crippen molar-refractivity contribution < 1.29 is 4.74 Å². The molecule has 0 aliphatic rings. The molecule has 0 aliphatic carbocycles. The molecule has 2 aromatic rings. The van der Waals surface area contributed by atoms with Crippen molar-refractivity contribution in [3.05, 3.63) is 28.4 Å². The van der Waals surface area contributed by atoms with Crippen LogP contribution in [0.3, 0.4) is 0 Å². The Bertz CT molecular complexity index is 505. The van der Waals surface area contributed by atoms with Crippen molar-refractivity contribution in [1.29, 1.82) is 0 Å². The summed E-state index contributed by atoms with van der Waals surface area (Å²) in [5.41, 5.74) is 7.89. The summed E-state index contributed by atoms with van der Waals surface area (Å²) in [6, 6.07) is 6.01. The average molecular weight is 269 g/mol. The Morgan fingerprint density at radius 1 is 1.47 bits per heavy atom. The van der Waals surface area contributed by atoms with E-state index in [1.54, 1.807) is 7.11 Å². The molecule has 0 bridgehead atoms. The highest BCUT2D eigenvalue weighted by molar-refractivity contribution is 9.10. The molecule has 0 radical (unpaired) electrons. The maximum Gasteiger partial charge on any atom is 0.128 e. The van der Waals surface area contributed by atoms with Crippen LogP contribution < -0.4 is 10.5 Å². The molecule has 2 rings (SSSR count). The Kier molecular flexibility index (Phi) is 2.71. The van der Waals surface area contributed by atoms with Crippen LogP contribution >= 0.6 is 15.9 Å². The quantitative estimate of drug-likeness (QED) is 0.909. The fourth-order valence-corrected chi connectivity index (χ4v) is 2.44. The summed E-state index contributed by atoms with van der Waals surface area (Å²) < 4.78 is 8.46. The predicted octanol–water partition coefficient (Wildman–Crippen LogP) is 2.41. The molecule has 0 unspecified atom stereocenters. The maximum absolute atomic E-state index is 5.68. The first-order valence-electron chi connectivity index (χ1n) is 4.70. The smallest absolute Gasteiger partial charge is 0.128 e. The molecule has 4 heteroatoms. The zero-order chi connectivity index (χ0) is 11.0. The van der Waals surface area contributed by atoms with Gasteiger partial charge in [-0.05, 0) is 34.1 Å². The number of fused-ring (bicyclic) bond motifs is 1. The molecule has 0 atom stereocenters. The van der Waals surface area contributed by atoms with E-state index in [1.165, 1.54) is 0 Å². The van der Waals surface area contributed by atoms with Crippen molar-refractivity contribution in [3.8, 4) is 5.75 Å². The number of methoxy groups -OCH3 is 1. The monoisotopic (exact) mass is 268 g/mol. The fraction of sp³-hybridized carbons (Fsp3) is 0.273. The van der Waals surface area contributed by atoms with Crippen molar-refractivity contribution in [2.45, 2.75) is 6.54 Å². The minimum absolute atomic E-state index is 0.529. The number of ether oxygens (including phenoxy) is 1. The summed E-state index contributed by atoms with van der Waals surface area (Å²) in [6.45, 7) is 0.529. The Balaban J connectivity index is 2.85. The van der Waals surface area contributed by atoms with Crippen LogP contribution in [0.2, 0.25) is 0 Å². The van der Waals surface area contributed by atoms with Crippen LogP contribution in [0.25, 0.3) is 10.9 Å². The zero-order valence-corrected chi connectivity index (χ0v) is 10.3. The number of benzene rings is 1. The second-order valence-corrected chi connectivity index (χ2v) is 4.27. The lowest BCUT2D eigenvalue weighted by atomic mass is 10.2. The van der Waals surface area contributed by atoms with Crippen molar-refractivity contribution in [2.75, 3.05) is 7.11 Å². The van der Waals surface area contributed by atoms with E-state index in [-0.39, 0.29) is 0 Å². The Hall–Kier alpha value is -1.00. The SMILES string of the molecule is COc1ccc(Br)c2c1cc(CN)n2C. The summed E-state index contributed by atoms with van der Waals surface area (Å²) in [4.78, 5) is 0. The van der Waals surface area contributed by atoms with Crippen molar-refractivity contribution in [2.24, 2.45) is 12.8 Å². The lowest BCUT2D eigenvalue weighted by Crippen LogP contribution is -2.02. The molecule has 80 valence electrons. The maximum atomic E-state index is 5.68. The summed E-state index contributed by atoms with van der Waals surface area (Å²) in [5.74, 6) is 0.878. The molecule has 0 aliphatic heterocycles. The second-order valence-electron chi connectivity index (χ2n) is 3.41. The molecule has 1 aromatic carbocycles. The van der Waals surface area contributed by atoms with E-state index in [4.69, 9.17) is 10.5 Å². The molecule has 1 aromatic heterocycles. The number of halogens is 1. The molecule has 1 heterocycles. The number of hydrogen-bond donors (Lipinski definition) is 1. The van der Waals surface area contributed by atoms with Crippen molar-refractivity contribution >= 4 is 26.8 Å². The molecule has 2 N–H and O–H groups in total. The van der Waals surface area contributed by atoms with Crippen molar-refractivity contribution in [1.82, 2.24) is 4.57 Å². The fourth-order valence-electron chi connectivity index (χ4n) is 1.82. The molecule has 0 spiro atoms. The number of nitrogens with two attached hydrogens (primary N) is 1. The first kappa shape index (κ1) is 10.5. The first-order chi connectivity index (χ1) is 7.19. The number of aromatic nitrogens is 1. The van der Waals surface area contributed by atoms with Gasteiger partial charge in [0.25, 0.3) is 0 Å². The van der Waals surface area contributed by atoms with Crippen LogP contribution in [-0.2, 0) is 13.6 Å². The molecule has 0 saturated carbocycles. The van der Waals surface area contributed by atoms with Crippen LogP contribution in [0.1, 0.15) is 5.69 Å². The predicted molar refractivity (Wildman–Crippen MR) is 65.1 cm³/mol. The van der Waals surface area contributed by atoms with Crippen molar-refractivity contribution in [3.63, 3.8) is 0 Å². The van der Waals surface area contributed by atoms with E-state index in [0.29, 0.717) is 6.54 Å². The number of nitrogens with zero attached hydrogens (tertiary/aromatic N) is 1. The highest BCUT2D eigenvalue weighted by atomic mass is 79.9. The Labute approximate surface area is 96.9 Å². The highest BCUT2D eigenvalue weighted by Crippen LogP contribution is 2.33. The zero-order valence-electron chi connectivity index (χ0n) is 8.75. The van der Waals surface area contributed by atoms with E-state index in [0.717, 1.165) is 26.8 Å². The third-order valence-corrected chi connectivity index (χ3v) is 3.27. The van der Waals surface area contributed by atoms with E-state index < -0.39 is 0 Å². The van der Waals surface area contributed by atoms with Gasteiger partial charge in [0.15, 0.2) is 0 Å². The summed E-state index contributed by atoms with van der Waals surface area (Å²) in [5, 5.41) is 1.09. The summed E-state index contributed by atoms with van der Waals surface area (Å²) >= 11 is 3.54. The Morgan fingerprint density at radius 3 is 2.80 bits per heavy atom. The van der Waals surface area contributed by atoms with E-state index in [1.807, 2.05) is 19.2 Å². The topological polar surface area (TPSA) is 40.2 Å². The summed E-state index contributed by atoms with van der Waals surface area (Å²) in [6.07, 6.45) is 0. The van der Waals surface area contributed by atoms with E-state index in [2.05, 4.69) is 26.6 Å². The van der Waals surface area contributed by atoms with Gasteiger partial charge in [0.05, 0.1) is 12.6 Å². The van der Waals surface area contributed by atoms with Gasteiger partial charge in [-0.15, -0.1) is 0 Å². The second kappa shape index (κ2) is 3.87. The molecule has 3 nitrogen and oxygen atoms in total. The molecule has 0 saturated heterocycles. The van der Waals surface area contributed by atoms with Crippen LogP contribution in [-0.4, -0.2) is 11.7 Å². The molecule has 15 heavy (non-hydrogen) atoms. The van der Waals surface area contributed by atoms with Gasteiger partial charge in [-0.1, -0.05) is 0 Å². The molecule has 0 amide bonds. The van der Waals surface area contributed by atoms with Gasteiger partial charge in [-0.25, -0.2) is 0 Å². The van der Waals surface area contributed by atoms with Crippen LogP contribution in [0.5, 0.6) is 5.75 Å². The minimum Gasteiger partial charge on any atom is -0.496 e. The van der Waals surface area contributed by atoms with Gasteiger partial charge >= 0.3 is 0 Å². The largest absolute Gasteiger partial charge is 0.496 e. The third-order valence-electron chi connectivity index (χ3n) is 2.63. The van der Waals surface area contributed by atoms with Gasteiger partial charge < -0.3 is 15.0 Å². The lowest BCUT2D eigenvalue weighted by molar-refractivity contribution is 0.420. The normalized spacial score (nSPS) is 10.9. The van der Waals surface area contributed by atoms with Gasteiger partial charge in [0, 0.05) is 29.1 Å². The van der Waals surface area contributed by atoms with E-state index in [9.17, 15) is 0 Å². The lowest BCUT2D eigenvalue weighted by Gasteiger charge is -2.05. The van der Waals surface area contributed by atoms with Gasteiger partial charge in [-0.2, -0.15) is 0 Å². The summed E-state index contributed by atoms with van der Waals surface area (Å²) in [7, 11) is 3.69. The number of hydrogen-bond acceptors (Lipinski definition) is 2. The van der Waals surface area contributed by atoms with Crippen LogP contribution in [0, 0.1) is 0 Å². The standard InChI is InChI=1S/C11H13BrN2O/c1-14-7(6-13)5-8-10(15-2)4-3-9(12)11(8)14/h3-5H,6,13H2,1-2H3. The van der Waals surface area contributed by atoms with E-state index >= 15 is 0 Å². The van der Waals surface area contributed by atoms with Gasteiger partial charge in [0.1, 0.15) is 5.75 Å². The van der Waals surface area contributed by atoms with Gasteiger partial charge in [-0.3, -0.25) is 0 Å². The molecular formula is C11H13BrN2O. The third kappa shape index (κ3) is 1.54. The Morgan fingerprint density at radius 2 is 2.20 bits per heavy atom. The van der Waals surface area contributed by atoms with Crippen LogP contribution in [0.4, 0.5) is 0 Å². The number of aryl methyl sites for hydroxylation is 1. The average Bonchev–Trinajstić information content (AvgIpc) is 2.57. The first-order valence-corrected chi connectivity index (χ1v) is 5.49. The molecule has 0 fully saturated rings. The van der Waals surface area contributed by atoms with Crippen LogP contribution in [0.15, 0.2) is 22.7 Å². The van der Waals surface area contributed by atoms with Gasteiger partial charge in [0.2, 0.25) is 0 Å².